The van der Waals surface area contributed by atoms with E-state index in [1.165, 1.54) is 0 Å². The van der Waals surface area contributed by atoms with Crippen molar-refractivity contribution in [2.45, 2.75) is 39.4 Å². The molecule has 0 heterocycles. The lowest BCUT2D eigenvalue weighted by Gasteiger charge is -2.19. The summed E-state index contributed by atoms with van der Waals surface area (Å²) in [4.78, 5) is 0. The smallest absolute Gasteiger partial charge is 0.0897 e. The van der Waals surface area contributed by atoms with Crippen LogP contribution in [0.15, 0.2) is 0 Å². The summed E-state index contributed by atoms with van der Waals surface area (Å²) < 4.78 is 5.29. The van der Waals surface area contributed by atoms with Crippen LogP contribution in [0.4, 0.5) is 0 Å². The molecule has 92 valence electrons. The van der Waals surface area contributed by atoms with Crippen LogP contribution >= 0.6 is 0 Å². The highest BCUT2D eigenvalue weighted by atomic mass is 16.5. The number of hydrogen-bond donors (Lipinski definition) is 3. The van der Waals surface area contributed by atoms with E-state index in [4.69, 9.17) is 4.74 Å². The van der Waals surface area contributed by atoms with E-state index in [2.05, 4.69) is 19.2 Å². The molecule has 0 fully saturated rings. The van der Waals surface area contributed by atoms with Gasteiger partial charge in [-0.15, -0.1) is 0 Å². The third-order valence-electron chi connectivity index (χ3n) is 1.70. The Morgan fingerprint density at radius 1 is 1.27 bits per heavy atom. The van der Waals surface area contributed by atoms with Crippen molar-refractivity contribution in [3.05, 3.63) is 0 Å². The highest BCUT2D eigenvalue weighted by Gasteiger charge is 2.12. The van der Waals surface area contributed by atoms with Gasteiger partial charge in [0, 0.05) is 19.7 Å². The Balaban J connectivity index is 3.37. The van der Waals surface area contributed by atoms with Crippen molar-refractivity contribution < 1.29 is 14.9 Å². The van der Waals surface area contributed by atoms with Gasteiger partial charge in [-0.2, -0.15) is 0 Å². The van der Waals surface area contributed by atoms with Gasteiger partial charge in [-0.25, -0.2) is 0 Å². The first-order chi connectivity index (χ1) is 6.81. The second kappa shape index (κ2) is 7.17. The maximum Gasteiger partial charge on any atom is 0.0897 e. The normalized spacial score (nSPS) is 14.6. The van der Waals surface area contributed by atoms with E-state index in [1.54, 1.807) is 13.8 Å². The fraction of sp³-hybridized carbons (Fsp3) is 1.00. The fourth-order valence-corrected chi connectivity index (χ4v) is 1.04. The standard InChI is InChI=1S/C11H25NO3/c1-9(2)6-15-7-10(13)5-12-8-11(3,4)14/h9-10,12-14H,5-8H2,1-4H3. The van der Waals surface area contributed by atoms with Crippen molar-refractivity contribution in [1.29, 1.82) is 0 Å². The van der Waals surface area contributed by atoms with Crippen molar-refractivity contribution in [3.8, 4) is 0 Å². The zero-order chi connectivity index (χ0) is 11.9. The maximum atomic E-state index is 9.49. The van der Waals surface area contributed by atoms with E-state index in [-0.39, 0.29) is 0 Å². The van der Waals surface area contributed by atoms with Gasteiger partial charge >= 0.3 is 0 Å². The SMILES string of the molecule is CC(C)COCC(O)CNCC(C)(C)O. The molecule has 1 unspecified atom stereocenters. The van der Waals surface area contributed by atoms with Gasteiger partial charge in [0.15, 0.2) is 0 Å². The molecular formula is C11H25NO3. The number of aliphatic hydroxyl groups is 2. The van der Waals surface area contributed by atoms with Gasteiger partial charge in [0.05, 0.1) is 18.3 Å². The van der Waals surface area contributed by atoms with Gasteiger partial charge in [-0.1, -0.05) is 13.8 Å². The molecule has 4 nitrogen and oxygen atoms in total. The fourth-order valence-electron chi connectivity index (χ4n) is 1.04. The molecular weight excluding hydrogens is 194 g/mol. The summed E-state index contributed by atoms with van der Waals surface area (Å²) in [5, 5.41) is 21.9. The average Bonchev–Trinajstić information content (AvgIpc) is 2.00. The Bertz CT molecular complexity index is 154. The summed E-state index contributed by atoms with van der Waals surface area (Å²) in [7, 11) is 0. The zero-order valence-electron chi connectivity index (χ0n) is 10.3. The van der Waals surface area contributed by atoms with Crippen molar-refractivity contribution >= 4 is 0 Å². The Morgan fingerprint density at radius 3 is 2.33 bits per heavy atom. The molecule has 0 spiro atoms. The first-order valence-electron chi connectivity index (χ1n) is 5.50. The molecule has 1 atom stereocenters. The molecule has 0 aliphatic rings. The molecule has 3 N–H and O–H groups in total. The minimum absolute atomic E-state index is 0.344. The molecule has 0 rings (SSSR count). The van der Waals surface area contributed by atoms with Gasteiger partial charge < -0.3 is 20.3 Å². The second-order valence-corrected chi connectivity index (χ2v) is 5.03. The Labute approximate surface area is 92.6 Å². The number of aliphatic hydroxyl groups excluding tert-OH is 1. The summed E-state index contributed by atoms with van der Waals surface area (Å²) in [5.74, 6) is 0.488. The molecule has 0 saturated heterocycles. The molecule has 15 heavy (non-hydrogen) atoms. The third kappa shape index (κ3) is 11.8. The largest absolute Gasteiger partial charge is 0.389 e. The lowest BCUT2D eigenvalue weighted by Crippen LogP contribution is -2.39. The van der Waals surface area contributed by atoms with Crippen LogP contribution in [-0.2, 0) is 4.74 Å². The van der Waals surface area contributed by atoms with Crippen LogP contribution in [0.2, 0.25) is 0 Å². The minimum Gasteiger partial charge on any atom is -0.389 e. The summed E-state index contributed by atoms with van der Waals surface area (Å²) in [6, 6.07) is 0. The summed E-state index contributed by atoms with van der Waals surface area (Å²) >= 11 is 0. The van der Waals surface area contributed by atoms with Crippen LogP contribution in [0.3, 0.4) is 0 Å². The van der Waals surface area contributed by atoms with E-state index in [0.29, 0.717) is 32.2 Å². The lowest BCUT2D eigenvalue weighted by molar-refractivity contribution is 0.0212. The first-order valence-corrected chi connectivity index (χ1v) is 5.50. The van der Waals surface area contributed by atoms with Crippen LogP contribution in [0.5, 0.6) is 0 Å². The highest BCUT2D eigenvalue weighted by Crippen LogP contribution is 1.97. The molecule has 4 heteroatoms. The van der Waals surface area contributed by atoms with Crippen LogP contribution in [0.25, 0.3) is 0 Å². The molecule has 0 radical (unpaired) electrons. The topological polar surface area (TPSA) is 61.7 Å². The minimum atomic E-state index is -0.738. The predicted molar refractivity (Wildman–Crippen MR) is 60.8 cm³/mol. The average molecular weight is 219 g/mol. The van der Waals surface area contributed by atoms with Crippen molar-refractivity contribution in [2.75, 3.05) is 26.3 Å². The van der Waals surface area contributed by atoms with Crippen LogP contribution < -0.4 is 5.32 Å². The van der Waals surface area contributed by atoms with E-state index in [1.807, 2.05) is 0 Å². The number of nitrogens with one attached hydrogen (secondary N) is 1. The molecule has 0 saturated carbocycles. The quantitative estimate of drug-likeness (QED) is 0.552. The van der Waals surface area contributed by atoms with E-state index < -0.39 is 11.7 Å². The molecule has 0 aliphatic carbocycles. The second-order valence-electron chi connectivity index (χ2n) is 5.03. The van der Waals surface area contributed by atoms with Crippen LogP contribution in [0, 0.1) is 5.92 Å². The third-order valence-corrected chi connectivity index (χ3v) is 1.70. The number of hydrogen-bond acceptors (Lipinski definition) is 4. The van der Waals surface area contributed by atoms with E-state index in [9.17, 15) is 10.2 Å². The van der Waals surface area contributed by atoms with Crippen LogP contribution in [-0.4, -0.2) is 48.2 Å². The maximum absolute atomic E-state index is 9.49. The zero-order valence-corrected chi connectivity index (χ0v) is 10.3. The van der Waals surface area contributed by atoms with Gasteiger partial charge in [0.2, 0.25) is 0 Å². The van der Waals surface area contributed by atoms with E-state index >= 15 is 0 Å². The molecule has 0 aliphatic heterocycles. The Morgan fingerprint density at radius 2 is 1.87 bits per heavy atom. The number of ether oxygens (including phenoxy) is 1. The molecule has 0 amide bonds. The van der Waals surface area contributed by atoms with Crippen molar-refractivity contribution in [1.82, 2.24) is 5.32 Å². The summed E-state index contributed by atoms with van der Waals surface area (Å²) in [5.41, 5.74) is -0.738. The van der Waals surface area contributed by atoms with Gasteiger partial charge in [0.1, 0.15) is 0 Å². The number of rotatable bonds is 8. The van der Waals surface area contributed by atoms with Gasteiger partial charge in [-0.05, 0) is 19.8 Å². The summed E-state index contributed by atoms with van der Waals surface area (Å²) in [6.07, 6.45) is -0.508. The summed E-state index contributed by atoms with van der Waals surface area (Å²) in [6.45, 7) is 9.51. The predicted octanol–water partition coefficient (Wildman–Crippen LogP) is 0.380. The molecule has 0 aromatic rings. The van der Waals surface area contributed by atoms with Crippen molar-refractivity contribution in [2.24, 2.45) is 5.92 Å². The Hall–Kier alpha value is -0.160. The van der Waals surface area contributed by atoms with E-state index in [0.717, 1.165) is 0 Å². The lowest BCUT2D eigenvalue weighted by atomic mass is 10.1. The first kappa shape index (κ1) is 14.8. The molecule has 0 bridgehead atoms. The monoisotopic (exact) mass is 219 g/mol. The van der Waals surface area contributed by atoms with Gasteiger partial charge in [0.25, 0.3) is 0 Å². The molecule has 0 aromatic heterocycles. The highest BCUT2D eigenvalue weighted by molar-refractivity contribution is 4.70. The van der Waals surface area contributed by atoms with Crippen molar-refractivity contribution in [3.63, 3.8) is 0 Å². The van der Waals surface area contributed by atoms with Gasteiger partial charge in [-0.3, -0.25) is 0 Å². The Kier molecular flexibility index (Phi) is 7.09. The molecule has 0 aromatic carbocycles. The van der Waals surface area contributed by atoms with Crippen LogP contribution in [0.1, 0.15) is 27.7 Å².